The molecule has 3 N–H and O–H groups in total. The Kier molecular flexibility index (Phi) is 5.40. The van der Waals surface area contributed by atoms with E-state index in [0.717, 1.165) is 9.86 Å². The van der Waals surface area contributed by atoms with Gasteiger partial charge in [0.15, 0.2) is 0 Å². The molecule has 2 atom stereocenters. The average Bonchev–Trinajstić information content (AvgIpc) is 2.65. The molecule has 2 unspecified atom stereocenters. The van der Waals surface area contributed by atoms with E-state index in [0.29, 0.717) is 16.9 Å². The molecule has 134 valence electrons. The van der Waals surface area contributed by atoms with Crippen molar-refractivity contribution in [3.63, 3.8) is 0 Å². The Hall–Kier alpha value is -2.62. The molecule has 0 aliphatic carbocycles. The number of aromatic nitrogens is 2. The van der Waals surface area contributed by atoms with Crippen molar-refractivity contribution in [1.29, 1.82) is 0 Å². The van der Waals surface area contributed by atoms with Gasteiger partial charge in [-0.15, -0.1) is 0 Å². The second-order valence-corrected chi connectivity index (χ2v) is 6.53. The average molecular weight is 419 g/mol. The number of hydrogen-bond donors (Lipinski definition) is 3. The van der Waals surface area contributed by atoms with Crippen LogP contribution in [0.3, 0.4) is 0 Å². The van der Waals surface area contributed by atoms with Crippen molar-refractivity contribution >= 4 is 38.3 Å². The van der Waals surface area contributed by atoms with Gasteiger partial charge in [0.05, 0.1) is 23.1 Å². The van der Waals surface area contributed by atoms with Gasteiger partial charge in [-0.05, 0) is 35.9 Å². The van der Waals surface area contributed by atoms with Gasteiger partial charge in [0.1, 0.15) is 18.2 Å². The van der Waals surface area contributed by atoms with E-state index in [4.69, 9.17) is 0 Å². The lowest BCUT2D eigenvalue weighted by Gasteiger charge is -2.23. The van der Waals surface area contributed by atoms with Crippen molar-refractivity contribution in [1.82, 2.24) is 9.97 Å². The Bertz CT molecular complexity index is 936. The first-order valence-electron chi connectivity index (χ1n) is 7.69. The molecule has 0 spiro atoms. The molecule has 1 aromatic heterocycles. The first-order valence-corrected chi connectivity index (χ1v) is 8.49. The van der Waals surface area contributed by atoms with Crippen LogP contribution in [0.5, 0.6) is 0 Å². The molecule has 0 saturated carbocycles. The zero-order valence-corrected chi connectivity index (χ0v) is 15.0. The first kappa shape index (κ1) is 18.2. The van der Waals surface area contributed by atoms with Gasteiger partial charge < -0.3 is 15.5 Å². The lowest BCUT2D eigenvalue weighted by Crippen LogP contribution is -2.31. The highest BCUT2D eigenvalue weighted by molar-refractivity contribution is 9.10. The topological polar surface area (TPSA) is 121 Å². The number of aliphatic hydroxyl groups is 2. The number of fused-ring (bicyclic) bond motifs is 1. The van der Waals surface area contributed by atoms with Gasteiger partial charge in [-0.25, -0.2) is 9.97 Å². The summed E-state index contributed by atoms with van der Waals surface area (Å²) < 4.78 is 0.847. The van der Waals surface area contributed by atoms with E-state index in [1.165, 1.54) is 30.6 Å². The van der Waals surface area contributed by atoms with E-state index in [1.807, 2.05) is 18.2 Å². The third kappa shape index (κ3) is 3.79. The highest BCUT2D eigenvalue weighted by Gasteiger charge is 2.22. The molecule has 8 nitrogen and oxygen atoms in total. The van der Waals surface area contributed by atoms with E-state index in [9.17, 15) is 20.3 Å². The van der Waals surface area contributed by atoms with Crippen LogP contribution in [0, 0.1) is 10.1 Å². The van der Waals surface area contributed by atoms with E-state index in [-0.39, 0.29) is 12.3 Å². The van der Waals surface area contributed by atoms with Crippen molar-refractivity contribution in [3.8, 4) is 0 Å². The maximum Gasteiger partial charge on any atom is 0.269 e. The summed E-state index contributed by atoms with van der Waals surface area (Å²) in [5.41, 5.74) is 1.09. The molecule has 9 heteroatoms. The molecule has 26 heavy (non-hydrogen) atoms. The van der Waals surface area contributed by atoms with Crippen molar-refractivity contribution in [3.05, 3.63) is 68.9 Å². The molecule has 0 aliphatic heterocycles. The zero-order valence-electron chi connectivity index (χ0n) is 13.4. The summed E-state index contributed by atoms with van der Waals surface area (Å²) in [5.74, 6) is 0.469. The van der Waals surface area contributed by atoms with Crippen molar-refractivity contribution in [2.45, 2.75) is 12.1 Å². The van der Waals surface area contributed by atoms with E-state index in [1.54, 1.807) is 0 Å². The number of nitrogens with one attached hydrogen (secondary N) is 1. The Labute approximate surface area is 156 Å². The molecule has 0 aliphatic rings. The number of nitro benzene ring substituents is 1. The maximum absolute atomic E-state index is 10.7. The summed E-state index contributed by atoms with van der Waals surface area (Å²) in [6.45, 7) is -0.363. The van der Waals surface area contributed by atoms with Crippen LogP contribution in [-0.2, 0) is 0 Å². The molecule has 0 bridgehead atoms. The summed E-state index contributed by atoms with van der Waals surface area (Å²) in [5, 5.41) is 34.8. The smallest absolute Gasteiger partial charge is 0.269 e. The Morgan fingerprint density at radius 1 is 1.19 bits per heavy atom. The fourth-order valence-corrected chi connectivity index (χ4v) is 2.93. The number of nitrogens with zero attached hydrogens (tertiary/aromatic N) is 3. The van der Waals surface area contributed by atoms with Gasteiger partial charge in [-0.3, -0.25) is 10.1 Å². The van der Waals surface area contributed by atoms with Crippen LogP contribution in [0.1, 0.15) is 11.7 Å². The number of anilines is 1. The molecular formula is C17H15BrN4O4. The number of benzene rings is 2. The lowest BCUT2D eigenvalue weighted by atomic mass is 10.0. The third-order valence-electron chi connectivity index (χ3n) is 3.94. The number of halogens is 1. The van der Waals surface area contributed by atoms with Gasteiger partial charge in [0, 0.05) is 22.0 Å². The van der Waals surface area contributed by atoms with Crippen LogP contribution < -0.4 is 5.32 Å². The van der Waals surface area contributed by atoms with Crippen LogP contribution in [0.4, 0.5) is 11.5 Å². The number of non-ortho nitro benzene ring substituents is 1. The number of hydrogen-bond acceptors (Lipinski definition) is 7. The molecule has 3 aromatic rings. The van der Waals surface area contributed by atoms with Crippen molar-refractivity contribution in [2.24, 2.45) is 0 Å². The quantitative estimate of drug-likeness (QED) is 0.415. The summed E-state index contributed by atoms with van der Waals surface area (Å²) >= 11 is 3.40. The van der Waals surface area contributed by atoms with Gasteiger partial charge in [0.2, 0.25) is 0 Å². The van der Waals surface area contributed by atoms with Crippen LogP contribution >= 0.6 is 15.9 Å². The van der Waals surface area contributed by atoms with Crippen molar-refractivity contribution in [2.75, 3.05) is 11.9 Å². The Morgan fingerprint density at radius 3 is 2.58 bits per heavy atom. The van der Waals surface area contributed by atoms with Gasteiger partial charge in [-0.1, -0.05) is 15.9 Å². The minimum atomic E-state index is -1.09. The lowest BCUT2D eigenvalue weighted by molar-refractivity contribution is -0.384. The second kappa shape index (κ2) is 7.73. The van der Waals surface area contributed by atoms with E-state index >= 15 is 0 Å². The predicted octanol–water partition coefficient (Wildman–Crippen LogP) is 2.81. The van der Waals surface area contributed by atoms with Gasteiger partial charge >= 0.3 is 0 Å². The van der Waals surface area contributed by atoms with E-state index in [2.05, 4.69) is 31.2 Å². The normalized spacial score (nSPS) is 13.3. The first-order chi connectivity index (χ1) is 12.5. The highest BCUT2D eigenvalue weighted by atomic mass is 79.9. The predicted molar refractivity (Wildman–Crippen MR) is 99.8 cm³/mol. The minimum Gasteiger partial charge on any atom is -0.394 e. The molecule has 0 saturated heterocycles. The summed E-state index contributed by atoms with van der Waals surface area (Å²) in [4.78, 5) is 18.6. The Morgan fingerprint density at radius 2 is 1.92 bits per heavy atom. The zero-order chi connectivity index (χ0) is 18.7. The van der Waals surface area contributed by atoms with Crippen molar-refractivity contribution < 1.29 is 15.1 Å². The summed E-state index contributed by atoms with van der Waals surface area (Å²) in [6.07, 6.45) is 0.309. The monoisotopic (exact) mass is 418 g/mol. The molecule has 0 radical (unpaired) electrons. The van der Waals surface area contributed by atoms with Gasteiger partial charge in [-0.2, -0.15) is 0 Å². The molecule has 0 amide bonds. The van der Waals surface area contributed by atoms with Gasteiger partial charge in [0.25, 0.3) is 5.69 Å². The van der Waals surface area contributed by atoms with Crippen LogP contribution in [0.2, 0.25) is 0 Å². The molecule has 3 rings (SSSR count). The fraction of sp³-hybridized carbons (Fsp3) is 0.176. The standard InChI is InChI=1S/C17H15BrN4O4/c18-11-3-6-14-13(7-11)17(20-9-19-14)21-15(8-23)16(24)10-1-4-12(5-2-10)22(25)26/h1-7,9,15-16,23-24H,8H2,(H,19,20,21). The third-order valence-corrected chi connectivity index (χ3v) is 4.44. The summed E-state index contributed by atoms with van der Waals surface area (Å²) in [7, 11) is 0. The van der Waals surface area contributed by atoms with E-state index < -0.39 is 17.1 Å². The summed E-state index contributed by atoms with van der Waals surface area (Å²) in [6, 6.07) is 10.3. The fourth-order valence-electron chi connectivity index (χ4n) is 2.57. The van der Waals surface area contributed by atoms with Crippen LogP contribution in [0.25, 0.3) is 10.9 Å². The number of nitro groups is 1. The second-order valence-electron chi connectivity index (χ2n) is 5.61. The maximum atomic E-state index is 10.7. The SMILES string of the molecule is O=[N+]([O-])c1ccc(C(O)C(CO)Nc2ncnc3ccc(Br)cc23)cc1. The molecule has 2 aromatic carbocycles. The largest absolute Gasteiger partial charge is 0.394 e. The Balaban J connectivity index is 1.87. The van der Waals surface area contributed by atoms with Crippen LogP contribution in [0.15, 0.2) is 53.3 Å². The number of aliphatic hydroxyl groups excluding tert-OH is 2. The number of rotatable bonds is 6. The minimum absolute atomic E-state index is 0.0684. The van der Waals surface area contributed by atoms with Crippen LogP contribution in [-0.4, -0.2) is 37.8 Å². The highest BCUT2D eigenvalue weighted by Crippen LogP contribution is 2.27. The molecule has 0 fully saturated rings. The molecular weight excluding hydrogens is 404 g/mol. The molecule has 1 heterocycles.